The summed E-state index contributed by atoms with van der Waals surface area (Å²) in [4.78, 5) is 25.1. The maximum absolute atomic E-state index is 12.2. The van der Waals surface area contributed by atoms with Gasteiger partial charge >= 0.3 is 6.09 Å². The SMILES string of the molecule is NCc1ccnc(OC(=O)Nc2ccc(Nc3cc(-c4cccc5c4oc4ccccc45)ncn3)cc2)c1. The van der Waals surface area contributed by atoms with E-state index in [9.17, 15) is 4.79 Å². The second kappa shape index (κ2) is 10.00. The van der Waals surface area contributed by atoms with E-state index in [0.29, 0.717) is 18.1 Å². The topological polar surface area (TPSA) is 128 Å². The predicted octanol–water partition coefficient (Wildman–Crippen LogP) is 6.25. The standard InChI is InChI=1S/C29H22N6O3/c30-16-18-12-13-31-27(14-18)38-29(36)35-20-10-8-19(9-11-20)34-26-15-24(32-17-33-26)23-6-3-5-22-21-4-1-2-7-25(21)37-28(22)23/h1-15,17H,16,30H2,(H,35,36)(H,32,33,34). The number of hydrogen-bond acceptors (Lipinski definition) is 8. The van der Waals surface area contributed by atoms with Crippen molar-refractivity contribution in [3.05, 3.63) is 103 Å². The molecule has 38 heavy (non-hydrogen) atoms. The number of hydrogen-bond donors (Lipinski definition) is 3. The van der Waals surface area contributed by atoms with Crippen LogP contribution < -0.4 is 21.1 Å². The molecule has 9 heteroatoms. The first-order valence-electron chi connectivity index (χ1n) is 11.9. The van der Waals surface area contributed by atoms with Crippen LogP contribution in [0.3, 0.4) is 0 Å². The lowest BCUT2D eigenvalue weighted by Gasteiger charge is -2.09. The van der Waals surface area contributed by atoms with Gasteiger partial charge in [-0.2, -0.15) is 0 Å². The van der Waals surface area contributed by atoms with Gasteiger partial charge in [-0.05, 0) is 48.0 Å². The first-order valence-corrected chi connectivity index (χ1v) is 11.9. The van der Waals surface area contributed by atoms with Gasteiger partial charge in [0.25, 0.3) is 0 Å². The molecule has 4 N–H and O–H groups in total. The number of nitrogens with two attached hydrogens (primary N) is 1. The van der Waals surface area contributed by atoms with Gasteiger partial charge in [0.2, 0.25) is 5.88 Å². The van der Waals surface area contributed by atoms with Crippen LogP contribution in [0, 0.1) is 0 Å². The van der Waals surface area contributed by atoms with Crippen molar-refractivity contribution < 1.29 is 13.9 Å². The number of carbonyl (C=O) groups excluding carboxylic acids is 1. The number of nitrogens with one attached hydrogen (secondary N) is 2. The lowest BCUT2D eigenvalue weighted by atomic mass is 10.1. The first-order chi connectivity index (χ1) is 18.7. The largest absolute Gasteiger partial charge is 0.455 e. The van der Waals surface area contributed by atoms with Crippen LogP contribution in [0.25, 0.3) is 33.2 Å². The fraction of sp³-hybridized carbons (Fsp3) is 0.0345. The van der Waals surface area contributed by atoms with Gasteiger partial charge < -0.3 is 20.2 Å². The minimum Gasteiger partial charge on any atom is -0.455 e. The molecule has 0 fully saturated rings. The molecule has 0 spiro atoms. The third-order valence-corrected chi connectivity index (χ3v) is 5.98. The third-order valence-electron chi connectivity index (χ3n) is 5.98. The number of fused-ring (bicyclic) bond motifs is 3. The van der Waals surface area contributed by atoms with E-state index in [1.54, 1.807) is 30.5 Å². The van der Waals surface area contributed by atoms with Gasteiger partial charge in [0.15, 0.2) is 0 Å². The summed E-state index contributed by atoms with van der Waals surface area (Å²) in [6.45, 7) is 0.332. The Bertz CT molecular complexity index is 1760. The normalized spacial score (nSPS) is 11.0. The molecule has 0 aliphatic heterocycles. The van der Waals surface area contributed by atoms with Crippen molar-refractivity contribution in [2.24, 2.45) is 5.73 Å². The van der Waals surface area contributed by atoms with Crippen LogP contribution in [-0.2, 0) is 6.54 Å². The number of pyridine rings is 1. The lowest BCUT2D eigenvalue weighted by Crippen LogP contribution is -2.17. The molecular formula is C29H22N6O3. The second-order valence-electron chi connectivity index (χ2n) is 8.49. The van der Waals surface area contributed by atoms with Gasteiger partial charge in [0, 0.05) is 52.6 Å². The van der Waals surface area contributed by atoms with E-state index in [4.69, 9.17) is 14.9 Å². The van der Waals surface area contributed by atoms with Crippen LogP contribution in [0.15, 0.2) is 102 Å². The molecule has 6 aromatic rings. The van der Waals surface area contributed by atoms with Gasteiger partial charge in [0.1, 0.15) is 23.3 Å². The molecule has 6 rings (SSSR count). The zero-order valence-corrected chi connectivity index (χ0v) is 20.1. The molecular weight excluding hydrogens is 480 g/mol. The third kappa shape index (κ3) is 4.73. The minimum atomic E-state index is -0.646. The molecule has 3 heterocycles. The van der Waals surface area contributed by atoms with E-state index in [1.807, 2.05) is 60.7 Å². The van der Waals surface area contributed by atoms with E-state index < -0.39 is 6.09 Å². The number of nitrogens with zero attached hydrogens (tertiary/aromatic N) is 3. The number of aromatic nitrogens is 3. The van der Waals surface area contributed by atoms with Crippen LogP contribution in [0.1, 0.15) is 5.56 Å². The Morgan fingerprint density at radius 1 is 0.868 bits per heavy atom. The molecule has 9 nitrogen and oxygen atoms in total. The van der Waals surface area contributed by atoms with Gasteiger partial charge in [0.05, 0.1) is 5.69 Å². The number of furan rings is 1. The zero-order chi connectivity index (χ0) is 25.9. The smallest absolute Gasteiger partial charge is 0.418 e. The van der Waals surface area contributed by atoms with Crippen LogP contribution >= 0.6 is 0 Å². The molecule has 0 saturated carbocycles. The van der Waals surface area contributed by atoms with Crippen molar-refractivity contribution in [1.29, 1.82) is 0 Å². The average molecular weight is 503 g/mol. The van der Waals surface area contributed by atoms with Crippen molar-refractivity contribution in [2.75, 3.05) is 10.6 Å². The molecule has 0 bridgehead atoms. The Morgan fingerprint density at radius 3 is 2.55 bits per heavy atom. The summed E-state index contributed by atoms with van der Waals surface area (Å²) in [5.41, 5.74) is 11.0. The molecule has 0 atom stereocenters. The Labute approximate surface area is 217 Å². The van der Waals surface area contributed by atoms with Crippen molar-refractivity contribution in [3.8, 4) is 17.1 Å². The molecule has 0 aliphatic rings. The van der Waals surface area contributed by atoms with E-state index in [-0.39, 0.29) is 5.88 Å². The van der Waals surface area contributed by atoms with Crippen molar-refractivity contribution in [1.82, 2.24) is 15.0 Å². The van der Waals surface area contributed by atoms with Gasteiger partial charge in [-0.15, -0.1) is 0 Å². The maximum atomic E-state index is 12.2. The molecule has 0 saturated heterocycles. The number of para-hydroxylation sites is 2. The van der Waals surface area contributed by atoms with Crippen molar-refractivity contribution in [3.63, 3.8) is 0 Å². The summed E-state index contributed by atoms with van der Waals surface area (Å²) in [5, 5.41) is 8.06. The molecule has 0 radical (unpaired) electrons. The Hall–Kier alpha value is -5.28. The number of carbonyl (C=O) groups is 1. The number of amides is 1. The Balaban J connectivity index is 1.17. The summed E-state index contributed by atoms with van der Waals surface area (Å²) >= 11 is 0. The number of anilines is 3. The van der Waals surface area contributed by atoms with Crippen LogP contribution in [-0.4, -0.2) is 21.0 Å². The van der Waals surface area contributed by atoms with E-state index in [0.717, 1.165) is 44.4 Å². The number of benzene rings is 3. The summed E-state index contributed by atoms with van der Waals surface area (Å²) in [7, 11) is 0. The van der Waals surface area contributed by atoms with Crippen molar-refractivity contribution >= 4 is 45.2 Å². The highest BCUT2D eigenvalue weighted by molar-refractivity contribution is 6.09. The summed E-state index contributed by atoms with van der Waals surface area (Å²) in [6.07, 6.45) is 2.41. The summed E-state index contributed by atoms with van der Waals surface area (Å²) in [6, 6.07) is 26.4. The fourth-order valence-corrected chi connectivity index (χ4v) is 4.18. The highest BCUT2D eigenvalue weighted by Gasteiger charge is 2.13. The van der Waals surface area contributed by atoms with E-state index in [2.05, 4.69) is 25.6 Å². The fourth-order valence-electron chi connectivity index (χ4n) is 4.18. The molecule has 3 aromatic heterocycles. The van der Waals surface area contributed by atoms with E-state index in [1.165, 1.54) is 6.33 Å². The van der Waals surface area contributed by atoms with Crippen LogP contribution in [0.5, 0.6) is 5.88 Å². The predicted molar refractivity (Wildman–Crippen MR) is 146 cm³/mol. The van der Waals surface area contributed by atoms with Gasteiger partial charge in [-0.25, -0.2) is 19.7 Å². The van der Waals surface area contributed by atoms with Crippen LogP contribution in [0.2, 0.25) is 0 Å². The molecule has 186 valence electrons. The van der Waals surface area contributed by atoms with Gasteiger partial charge in [-0.3, -0.25) is 5.32 Å². The number of rotatable bonds is 6. The highest BCUT2D eigenvalue weighted by Crippen LogP contribution is 2.35. The average Bonchev–Trinajstić information content (AvgIpc) is 3.33. The Morgan fingerprint density at radius 2 is 1.68 bits per heavy atom. The first kappa shape index (κ1) is 23.1. The summed E-state index contributed by atoms with van der Waals surface area (Å²) in [5.74, 6) is 0.802. The minimum absolute atomic E-state index is 0.182. The molecule has 1 amide bonds. The lowest BCUT2D eigenvalue weighted by molar-refractivity contribution is 0.213. The molecule has 3 aromatic carbocycles. The summed E-state index contributed by atoms with van der Waals surface area (Å²) < 4.78 is 11.4. The highest BCUT2D eigenvalue weighted by atomic mass is 16.6. The van der Waals surface area contributed by atoms with Crippen molar-refractivity contribution in [2.45, 2.75) is 6.54 Å². The second-order valence-corrected chi connectivity index (χ2v) is 8.49. The maximum Gasteiger partial charge on any atom is 0.418 e. The molecule has 0 aliphatic carbocycles. The Kier molecular flexibility index (Phi) is 6.09. The van der Waals surface area contributed by atoms with Gasteiger partial charge in [-0.1, -0.05) is 30.3 Å². The molecule has 0 unspecified atom stereocenters. The zero-order valence-electron chi connectivity index (χ0n) is 20.1. The van der Waals surface area contributed by atoms with Crippen LogP contribution in [0.4, 0.5) is 22.0 Å². The van der Waals surface area contributed by atoms with E-state index >= 15 is 0 Å². The number of ether oxygens (including phenoxy) is 1. The monoisotopic (exact) mass is 502 g/mol. The quantitative estimate of drug-likeness (QED) is 0.244.